The Hall–Kier alpha value is -1.69. The molecule has 1 aliphatic heterocycles. The standard InChI is InChI=1S/C14H18N2O3S/c1-10-3-4-12(19-2)11(9-10)15-13(17)5-6-16-7-8-20-14(16)18/h3-4,9H,5-8H2,1-2H3,(H,15,17). The van der Waals surface area contributed by atoms with Crippen molar-refractivity contribution in [3.8, 4) is 5.75 Å². The van der Waals surface area contributed by atoms with Gasteiger partial charge in [-0.1, -0.05) is 17.8 Å². The van der Waals surface area contributed by atoms with Crippen molar-refractivity contribution in [3.63, 3.8) is 0 Å². The zero-order chi connectivity index (χ0) is 14.5. The van der Waals surface area contributed by atoms with Gasteiger partial charge in [-0.2, -0.15) is 0 Å². The van der Waals surface area contributed by atoms with E-state index in [0.717, 1.165) is 17.9 Å². The van der Waals surface area contributed by atoms with Gasteiger partial charge in [-0.05, 0) is 24.6 Å². The molecule has 1 N–H and O–H groups in total. The number of nitrogens with one attached hydrogen (secondary N) is 1. The van der Waals surface area contributed by atoms with Crippen molar-refractivity contribution in [2.45, 2.75) is 13.3 Å². The quantitative estimate of drug-likeness (QED) is 0.906. The molecule has 108 valence electrons. The first-order valence-electron chi connectivity index (χ1n) is 6.46. The van der Waals surface area contributed by atoms with E-state index in [-0.39, 0.29) is 11.1 Å². The summed E-state index contributed by atoms with van der Waals surface area (Å²) in [5.41, 5.74) is 1.71. The van der Waals surface area contributed by atoms with E-state index in [2.05, 4.69) is 5.32 Å². The van der Waals surface area contributed by atoms with E-state index in [4.69, 9.17) is 4.74 Å². The Morgan fingerprint density at radius 3 is 2.95 bits per heavy atom. The average molecular weight is 294 g/mol. The molecule has 1 fully saturated rings. The third kappa shape index (κ3) is 3.66. The molecule has 0 bridgehead atoms. The summed E-state index contributed by atoms with van der Waals surface area (Å²) in [5, 5.41) is 2.89. The molecule has 1 aromatic rings. The lowest BCUT2D eigenvalue weighted by Crippen LogP contribution is -2.27. The molecule has 1 aromatic carbocycles. The highest BCUT2D eigenvalue weighted by Crippen LogP contribution is 2.25. The Labute approximate surface area is 122 Å². The van der Waals surface area contributed by atoms with E-state index < -0.39 is 0 Å². The Bertz CT molecular complexity index is 519. The van der Waals surface area contributed by atoms with Gasteiger partial charge in [0.1, 0.15) is 5.75 Å². The number of hydrogen-bond acceptors (Lipinski definition) is 4. The lowest BCUT2D eigenvalue weighted by molar-refractivity contribution is -0.116. The van der Waals surface area contributed by atoms with Crippen LogP contribution >= 0.6 is 11.8 Å². The van der Waals surface area contributed by atoms with Crippen LogP contribution in [0.1, 0.15) is 12.0 Å². The largest absolute Gasteiger partial charge is 0.495 e. The molecular weight excluding hydrogens is 276 g/mol. The molecule has 0 aromatic heterocycles. The van der Waals surface area contributed by atoms with Crippen molar-refractivity contribution < 1.29 is 14.3 Å². The smallest absolute Gasteiger partial charge is 0.281 e. The summed E-state index contributed by atoms with van der Waals surface area (Å²) in [6, 6.07) is 5.62. The van der Waals surface area contributed by atoms with Gasteiger partial charge in [-0.3, -0.25) is 9.59 Å². The lowest BCUT2D eigenvalue weighted by atomic mass is 10.2. The molecule has 2 amide bonds. The molecule has 0 aliphatic carbocycles. The predicted molar refractivity (Wildman–Crippen MR) is 80.4 cm³/mol. The molecule has 20 heavy (non-hydrogen) atoms. The molecule has 0 spiro atoms. The van der Waals surface area contributed by atoms with Crippen molar-refractivity contribution in [1.82, 2.24) is 4.90 Å². The summed E-state index contributed by atoms with van der Waals surface area (Å²) in [4.78, 5) is 25.1. The maximum atomic E-state index is 11.9. The van der Waals surface area contributed by atoms with Crippen molar-refractivity contribution in [1.29, 1.82) is 0 Å². The van der Waals surface area contributed by atoms with Gasteiger partial charge in [-0.15, -0.1) is 0 Å². The van der Waals surface area contributed by atoms with Crippen LogP contribution in [0.3, 0.4) is 0 Å². The van der Waals surface area contributed by atoms with Gasteiger partial charge in [0.25, 0.3) is 5.24 Å². The molecule has 5 nitrogen and oxygen atoms in total. The Morgan fingerprint density at radius 1 is 1.50 bits per heavy atom. The van der Waals surface area contributed by atoms with Gasteiger partial charge in [-0.25, -0.2) is 0 Å². The molecule has 1 heterocycles. The summed E-state index contributed by atoms with van der Waals surface area (Å²) in [5.74, 6) is 1.34. The van der Waals surface area contributed by atoms with Gasteiger partial charge < -0.3 is 15.0 Å². The topological polar surface area (TPSA) is 58.6 Å². The van der Waals surface area contributed by atoms with Crippen molar-refractivity contribution in [2.75, 3.05) is 31.3 Å². The minimum Gasteiger partial charge on any atom is -0.495 e. The van der Waals surface area contributed by atoms with Crippen LogP contribution in [0.5, 0.6) is 5.75 Å². The minimum absolute atomic E-state index is 0.0611. The van der Waals surface area contributed by atoms with Gasteiger partial charge >= 0.3 is 0 Å². The number of aryl methyl sites for hydroxylation is 1. The van der Waals surface area contributed by atoms with Crippen LogP contribution in [0.2, 0.25) is 0 Å². The molecule has 0 atom stereocenters. The van der Waals surface area contributed by atoms with E-state index in [1.165, 1.54) is 11.8 Å². The van der Waals surface area contributed by atoms with Gasteiger partial charge in [0.05, 0.1) is 12.8 Å². The highest BCUT2D eigenvalue weighted by molar-refractivity contribution is 8.13. The Morgan fingerprint density at radius 2 is 2.30 bits per heavy atom. The fraction of sp³-hybridized carbons (Fsp3) is 0.429. The molecular formula is C14H18N2O3S. The molecule has 2 rings (SSSR count). The van der Waals surface area contributed by atoms with Gasteiger partial charge in [0, 0.05) is 25.3 Å². The Kier molecular flexibility index (Phi) is 4.89. The fourth-order valence-corrected chi connectivity index (χ4v) is 2.85. The Balaban J connectivity index is 1.91. The maximum absolute atomic E-state index is 11.9. The van der Waals surface area contributed by atoms with Gasteiger partial charge in [0.15, 0.2) is 0 Å². The summed E-state index contributed by atoms with van der Waals surface area (Å²) < 4.78 is 5.21. The first-order valence-corrected chi connectivity index (χ1v) is 7.45. The second-order valence-corrected chi connectivity index (χ2v) is 5.65. The number of rotatable bonds is 5. The first kappa shape index (κ1) is 14.7. The number of nitrogens with zero attached hydrogens (tertiary/aromatic N) is 1. The number of methoxy groups -OCH3 is 1. The second kappa shape index (κ2) is 6.65. The van der Waals surface area contributed by atoms with Crippen LogP contribution in [-0.4, -0.2) is 42.0 Å². The van der Waals surface area contributed by atoms with Crippen LogP contribution in [0.25, 0.3) is 0 Å². The first-order chi connectivity index (χ1) is 9.60. The highest BCUT2D eigenvalue weighted by atomic mass is 32.2. The highest BCUT2D eigenvalue weighted by Gasteiger charge is 2.21. The summed E-state index contributed by atoms with van der Waals surface area (Å²) in [6.45, 7) is 3.14. The number of ether oxygens (including phenoxy) is 1. The van der Waals surface area contributed by atoms with Crippen molar-refractivity contribution in [2.24, 2.45) is 0 Å². The van der Waals surface area contributed by atoms with Crippen molar-refractivity contribution in [3.05, 3.63) is 23.8 Å². The molecule has 0 unspecified atom stereocenters. The number of anilines is 1. The summed E-state index contributed by atoms with van der Waals surface area (Å²) in [7, 11) is 1.57. The summed E-state index contributed by atoms with van der Waals surface area (Å²) in [6.07, 6.45) is 0.295. The predicted octanol–water partition coefficient (Wildman–Crippen LogP) is 2.50. The van der Waals surface area contributed by atoms with E-state index in [1.807, 2.05) is 25.1 Å². The average Bonchev–Trinajstić information content (AvgIpc) is 2.82. The zero-order valence-corrected chi connectivity index (χ0v) is 12.5. The fourth-order valence-electron chi connectivity index (χ4n) is 2.00. The lowest BCUT2D eigenvalue weighted by Gasteiger charge is -2.15. The molecule has 1 aliphatic rings. The SMILES string of the molecule is COc1ccc(C)cc1NC(=O)CCN1CCSC1=O. The third-order valence-corrected chi connectivity index (χ3v) is 3.97. The van der Waals surface area contributed by atoms with Gasteiger partial charge in [0.2, 0.25) is 5.91 Å². The van der Waals surface area contributed by atoms with Crippen molar-refractivity contribution >= 4 is 28.6 Å². The monoisotopic (exact) mass is 294 g/mol. The number of amides is 2. The maximum Gasteiger partial charge on any atom is 0.281 e. The van der Waals surface area contributed by atoms with Crippen LogP contribution in [0, 0.1) is 6.92 Å². The van der Waals surface area contributed by atoms with Crippen LogP contribution < -0.4 is 10.1 Å². The molecule has 0 radical (unpaired) electrons. The number of benzene rings is 1. The second-order valence-electron chi connectivity index (χ2n) is 4.60. The van der Waals surface area contributed by atoms with E-state index in [9.17, 15) is 9.59 Å². The summed E-state index contributed by atoms with van der Waals surface area (Å²) >= 11 is 1.30. The number of carbonyl (C=O) groups is 2. The van der Waals surface area contributed by atoms with Crippen LogP contribution in [-0.2, 0) is 4.79 Å². The van der Waals surface area contributed by atoms with E-state index in [1.54, 1.807) is 12.0 Å². The number of carbonyl (C=O) groups excluding carboxylic acids is 2. The minimum atomic E-state index is -0.112. The molecule has 0 saturated carbocycles. The molecule has 6 heteroatoms. The van der Waals surface area contributed by atoms with Crippen LogP contribution in [0.4, 0.5) is 10.5 Å². The third-order valence-electron chi connectivity index (χ3n) is 3.08. The zero-order valence-electron chi connectivity index (χ0n) is 11.6. The van der Waals surface area contributed by atoms with E-state index >= 15 is 0 Å². The van der Waals surface area contributed by atoms with Crippen LogP contribution in [0.15, 0.2) is 18.2 Å². The van der Waals surface area contributed by atoms with E-state index in [0.29, 0.717) is 24.4 Å². The normalized spacial score (nSPS) is 14.5. The number of hydrogen-bond donors (Lipinski definition) is 1. The molecule has 1 saturated heterocycles. The number of thioether (sulfide) groups is 1.